The van der Waals surface area contributed by atoms with E-state index in [-0.39, 0.29) is 24.8 Å². The molecule has 2 heterocycles. The number of carbonyl (C=O) groups is 2. The summed E-state index contributed by atoms with van der Waals surface area (Å²) in [5.74, 6) is 0.295. The van der Waals surface area contributed by atoms with Crippen LogP contribution in [0.15, 0.2) is 48.7 Å². The number of hydrogen-bond acceptors (Lipinski definition) is 3. The molecule has 1 aliphatic rings. The van der Waals surface area contributed by atoms with Gasteiger partial charge in [-0.25, -0.2) is 0 Å². The first-order chi connectivity index (χ1) is 14.3. The lowest BCUT2D eigenvalue weighted by molar-refractivity contribution is -0.132. The molecule has 7 heteroatoms. The van der Waals surface area contributed by atoms with Crippen LogP contribution in [0.5, 0.6) is 5.75 Å². The highest BCUT2D eigenvalue weighted by atomic mass is 35.5. The summed E-state index contributed by atoms with van der Waals surface area (Å²) < 4.78 is 5.81. The smallest absolute Gasteiger partial charge is 0.270 e. The summed E-state index contributed by atoms with van der Waals surface area (Å²) in [6, 6.07) is 13.3. The maximum atomic E-state index is 12.9. The fraction of sp³-hybridized carbons (Fsp3) is 0.304. The van der Waals surface area contributed by atoms with E-state index in [2.05, 4.69) is 16.4 Å². The van der Waals surface area contributed by atoms with Gasteiger partial charge in [0.2, 0.25) is 5.91 Å². The highest BCUT2D eigenvalue weighted by molar-refractivity contribution is 6.31. The highest BCUT2D eigenvalue weighted by Gasteiger charge is 2.40. The number of halogens is 1. The van der Waals surface area contributed by atoms with Crippen LogP contribution in [-0.2, 0) is 16.0 Å². The van der Waals surface area contributed by atoms with E-state index < -0.39 is 5.60 Å². The highest BCUT2D eigenvalue weighted by Crippen LogP contribution is 2.39. The Labute approximate surface area is 180 Å². The van der Waals surface area contributed by atoms with Gasteiger partial charge in [0, 0.05) is 41.6 Å². The number of para-hydroxylation sites is 1. The molecule has 156 valence electrons. The average molecular weight is 426 g/mol. The zero-order valence-corrected chi connectivity index (χ0v) is 17.8. The van der Waals surface area contributed by atoms with Gasteiger partial charge in [0.25, 0.3) is 5.91 Å². The minimum Gasteiger partial charge on any atom is -0.476 e. The number of carbonyl (C=O) groups excluding carboxylic acids is 2. The van der Waals surface area contributed by atoms with Crippen molar-refractivity contribution < 1.29 is 14.3 Å². The quantitative estimate of drug-likeness (QED) is 0.625. The molecular formula is C23H24ClN3O3. The monoisotopic (exact) mass is 425 g/mol. The molecule has 0 fully saturated rings. The number of aromatic nitrogens is 1. The summed E-state index contributed by atoms with van der Waals surface area (Å²) in [6.07, 6.45) is 2.91. The molecule has 2 aromatic carbocycles. The largest absolute Gasteiger partial charge is 0.476 e. The van der Waals surface area contributed by atoms with Gasteiger partial charge in [-0.1, -0.05) is 29.8 Å². The molecule has 0 saturated heterocycles. The van der Waals surface area contributed by atoms with Crippen molar-refractivity contribution in [1.82, 2.24) is 10.3 Å². The molecule has 0 spiro atoms. The lowest BCUT2D eigenvalue weighted by Gasteiger charge is -2.38. The van der Waals surface area contributed by atoms with Crippen molar-refractivity contribution in [3.63, 3.8) is 0 Å². The third-order valence-electron chi connectivity index (χ3n) is 5.29. The van der Waals surface area contributed by atoms with Crippen molar-refractivity contribution >= 4 is 40.0 Å². The van der Waals surface area contributed by atoms with Gasteiger partial charge in [0.1, 0.15) is 5.75 Å². The molecular weight excluding hydrogens is 402 g/mol. The van der Waals surface area contributed by atoms with Crippen molar-refractivity contribution in [2.45, 2.75) is 32.3 Å². The average Bonchev–Trinajstić information content (AvgIpc) is 3.12. The third kappa shape index (κ3) is 4.00. The first-order valence-corrected chi connectivity index (χ1v) is 10.4. The van der Waals surface area contributed by atoms with Gasteiger partial charge in [-0.2, -0.15) is 0 Å². The van der Waals surface area contributed by atoms with Crippen LogP contribution < -0.4 is 15.0 Å². The molecule has 1 aliphatic heterocycles. The van der Waals surface area contributed by atoms with Gasteiger partial charge in [-0.15, -0.1) is 0 Å². The van der Waals surface area contributed by atoms with Gasteiger partial charge < -0.3 is 19.9 Å². The number of H-pyrrole nitrogens is 1. The zero-order chi connectivity index (χ0) is 21.3. The predicted octanol–water partition coefficient (Wildman–Crippen LogP) is 4.07. The van der Waals surface area contributed by atoms with Crippen molar-refractivity contribution in [2.75, 3.05) is 18.0 Å². The first-order valence-electron chi connectivity index (χ1n) is 9.97. The molecule has 1 aromatic heterocycles. The molecule has 0 aliphatic carbocycles. The van der Waals surface area contributed by atoms with E-state index in [0.717, 1.165) is 11.9 Å². The van der Waals surface area contributed by atoms with E-state index in [1.807, 2.05) is 24.4 Å². The minimum absolute atomic E-state index is 0.101. The second-order valence-corrected chi connectivity index (χ2v) is 8.33. The van der Waals surface area contributed by atoms with Crippen LogP contribution >= 0.6 is 11.6 Å². The standard InChI is InChI=1S/C23H24ClN3O3/c1-23(2)22(29)27(19-13-16(24)7-8-20(19)30-23)12-10-21(28)25-11-9-15-14-26-18-6-4-3-5-17(15)18/h3-8,13-14,26H,9-12H2,1-2H3,(H,25,28). The summed E-state index contributed by atoms with van der Waals surface area (Å²) >= 11 is 6.11. The maximum absolute atomic E-state index is 12.9. The lowest BCUT2D eigenvalue weighted by atomic mass is 10.0. The van der Waals surface area contributed by atoms with Crippen LogP contribution in [-0.4, -0.2) is 35.5 Å². The number of anilines is 1. The number of hydrogen-bond donors (Lipinski definition) is 2. The molecule has 4 rings (SSSR count). The summed E-state index contributed by atoms with van der Waals surface area (Å²) in [4.78, 5) is 30.1. The van der Waals surface area contributed by atoms with E-state index >= 15 is 0 Å². The van der Waals surface area contributed by atoms with E-state index in [1.54, 1.807) is 36.9 Å². The third-order valence-corrected chi connectivity index (χ3v) is 5.53. The predicted molar refractivity (Wildman–Crippen MR) is 118 cm³/mol. The normalized spacial score (nSPS) is 15.0. The van der Waals surface area contributed by atoms with Crippen LogP contribution in [0.2, 0.25) is 5.02 Å². The second-order valence-electron chi connectivity index (χ2n) is 7.89. The molecule has 2 N–H and O–H groups in total. The van der Waals surface area contributed by atoms with Gasteiger partial charge >= 0.3 is 0 Å². The number of nitrogens with one attached hydrogen (secondary N) is 2. The zero-order valence-electron chi connectivity index (χ0n) is 17.0. The Kier molecular flexibility index (Phi) is 5.43. The summed E-state index contributed by atoms with van der Waals surface area (Å²) in [6.45, 7) is 4.24. The fourth-order valence-corrected chi connectivity index (χ4v) is 3.91. The topological polar surface area (TPSA) is 74.4 Å². The molecule has 0 radical (unpaired) electrons. The molecule has 0 atom stereocenters. The Hall–Kier alpha value is -2.99. The summed E-state index contributed by atoms with van der Waals surface area (Å²) in [5.41, 5.74) is 1.86. The summed E-state index contributed by atoms with van der Waals surface area (Å²) in [7, 11) is 0. The Balaban J connectivity index is 1.36. The van der Waals surface area contributed by atoms with Crippen LogP contribution in [0, 0.1) is 0 Å². The Bertz CT molecular complexity index is 1110. The number of nitrogens with zero attached hydrogens (tertiary/aromatic N) is 1. The van der Waals surface area contributed by atoms with Crippen LogP contribution in [0.1, 0.15) is 25.8 Å². The van der Waals surface area contributed by atoms with Crippen molar-refractivity contribution in [3.05, 3.63) is 59.2 Å². The number of rotatable bonds is 6. The maximum Gasteiger partial charge on any atom is 0.270 e. The van der Waals surface area contributed by atoms with Crippen LogP contribution in [0.4, 0.5) is 5.69 Å². The minimum atomic E-state index is -0.993. The molecule has 2 amide bonds. The summed E-state index contributed by atoms with van der Waals surface area (Å²) in [5, 5.41) is 4.63. The number of ether oxygens (including phenoxy) is 1. The Morgan fingerprint density at radius 1 is 1.23 bits per heavy atom. The molecule has 0 saturated carbocycles. The van der Waals surface area contributed by atoms with Crippen LogP contribution in [0.3, 0.4) is 0 Å². The Morgan fingerprint density at radius 2 is 2.03 bits per heavy atom. The molecule has 0 bridgehead atoms. The van der Waals surface area contributed by atoms with Gasteiger partial charge in [0.05, 0.1) is 5.69 Å². The van der Waals surface area contributed by atoms with Gasteiger partial charge in [-0.05, 0) is 50.1 Å². The van der Waals surface area contributed by atoms with E-state index in [4.69, 9.17) is 16.3 Å². The Morgan fingerprint density at radius 3 is 2.87 bits per heavy atom. The number of benzene rings is 2. The van der Waals surface area contributed by atoms with E-state index in [9.17, 15) is 9.59 Å². The van der Waals surface area contributed by atoms with Crippen LogP contribution in [0.25, 0.3) is 10.9 Å². The van der Waals surface area contributed by atoms with Crippen molar-refractivity contribution in [2.24, 2.45) is 0 Å². The number of fused-ring (bicyclic) bond motifs is 2. The second kappa shape index (κ2) is 8.03. The van der Waals surface area contributed by atoms with E-state index in [1.165, 1.54) is 10.9 Å². The molecule has 3 aromatic rings. The SMILES string of the molecule is CC1(C)Oc2ccc(Cl)cc2N(CCC(=O)NCCc2c[nH]c3ccccc23)C1=O. The van der Waals surface area contributed by atoms with Gasteiger partial charge in [-0.3, -0.25) is 9.59 Å². The van der Waals surface area contributed by atoms with Gasteiger partial charge in [0.15, 0.2) is 5.60 Å². The van der Waals surface area contributed by atoms with E-state index in [0.29, 0.717) is 23.0 Å². The first kappa shape index (κ1) is 20.3. The van der Waals surface area contributed by atoms with Crippen molar-refractivity contribution in [1.29, 1.82) is 0 Å². The number of aromatic amines is 1. The number of amides is 2. The molecule has 0 unspecified atom stereocenters. The lowest BCUT2D eigenvalue weighted by Crippen LogP contribution is -2.53. The van der Waals surface area contributed by atoms with Crippen molar-refractivity contribution in [3.8, 4) is 5.75 Å². The molecule has 6 nitrogen and oxygen atoms in total. The fourth-order valence-electron chi connectivity index (χ4n) is 3.74. The molecule has 30 heavy (non-hydrogen) atoms.